The van der Waals surface area contributed by atoms with Crippen LogP contribution in [-0.2, 0) is 4.79 Å². The molecule has 0 aromatic carbocycles. The molecule has 92 valence electrons. The van der Waals surface area contributed by atoms with Gasteiger partial charge in [-0.3, -0.25) is 4.79 Å². The van der Waals surface area contributed by atoms with Gasteiger partial charge in [0.05, 0.1) is 5.41 Å². The van der Waals surface area contributed by atoms with Crippen LogP contribution in [0.3, 0.4) is 0 Å². The van der Waals surface area contributed by atoms with E-state index in [0.29, 0.717) is 0 Å². The molecule has 1 rings (SSSR count). The summed E-state index contributed by atoms with van der Waals surface area (Å²) in [5, 5.41) is 9.16. The summed E-state index contributed by atoms with van der Waals surface area (Å²) in [5.74, 6) is 0.793. The van der Waals surface area contributed by atoms with E-state index in [0.717, 1.165) is 36.7 Å². The molecule has 0 amide bonds. The van der Waals surface area contributed by atoms with Crippen LogP contribution < -0.4 is 0 Å². The second-order valence-electron chi connectivity index (χ2n) is 5.93. The van der Waals surface area contributed by atoms with Crippen molar-refractivity contribution in [2.45, 2.75) is 53.4 Å². The monoisotopic (exact) mass is 224 g/mol. The molecule has 0 bridgehead atoms. The fraction of sp³-hybridized carbons (Fsp3) is 0.786. The van der Waals surface area contributed by atoms with Crippen LogP contribution >= 0.6 is 0 Å². The molecule has 0 saturated carbocycles. The van der Waals surface area contributed by atoms with Gasteiger partial charge in [-0.05, 0) is 51.4 Å². The number of carbonyl (C=O) groups is 1. The third kappa shape index (κ3) is 3.10. The maximum atomic E-state index is 11.1. The summed E-state index contributed by atoms with van der Waals surface area (Å²) in [6, 6.07) is 0. The van der Waals surface area contributed by atoms with Crippen LogP contribution in [0.15, 0.2) is 11.6 Å². The Balaban J connectivity index is 2.62. The van der Waals surface area contributed by atoms with E-state index >= 15 is 0 Å². The van der Waals surface area contributed by atoms with Crippen LogP contribution in [0.5, 0.6) is 0 Å². The molecule has 2 heteroatoms. The number of carboxylic acid groups (broad SMARTS) is 1. The highest BCUT2D eigenvalue weighted by atomic mass is 16.4. The third-order valence-electron chi connectivity index (χ3n) is 3.66. The summed E-state index contributed by atoms with van der Waals surface area (Å²) in [4.78, 5) is 11.1. The first kappa shape index (κ1) is 13.3. The lowest BCUT2D eigenvalue weighted by Crippen LogP contribution is -2.28. The molecule has 0 heterocycles. The quantitative estimate of drug-likeness (QED) is 0.736. The van der Waals surface area contributed by atoms with Crippen molar-refractivity contribution in [2.24, 2.45) is 17.3 Å². The number of hydrogen-bond acceptors (Lipinski definition) is 1. The molecule has 1 N–H and O–H groups in total. The van der Waals surface area contributed by atoms with E-state index in [-0.39, 0.29) is 0 Å². The van der Waals surface area contributed by atoms with Gasteiger partial charge in [-0.25, -0.2) is 0 Å². The summed E-state index contributed by atoms with van der Waals surface area (Å²) in [5.41, 5.74) is 0.433. The van der Waals surface area contributed by atoms with Crippen molar-refractivity contribution in [1.82, 2.24) is 0 Å². The molecule has 0 radical (unpaired) electrons. The Hall–Kier alpha value is -0.790. The summed E-state index contributed by atoms with van der Waals surface area (Å²) in [6.45, 7) is 8.12. The van der Waals surface area contributed by atoms with E-state index in [1.165, 1.54) is 6.42 Å². The SMILES string of the molecule is CC(C)C[C@@H]1CC=C(C(C)(C)C(=O)O)CC1. The average molecular weight is 224 g/mol. The number of aliphatic carboxylic acids is 1. The Kier molecular flexibility index (Phi) is 4.17. The molecule has 1 atom stereocenters. The van der Waals surface area contributed by atoms with Crippen LogP contribution in [0.2, 0.25) is 0 Å². The highest BCUT2D eigenvalue weighted by molar-refractivity contribution is 5.77. The molecular weight excluding hydrogens is 200 g/mol. The Morgan fingerprint density at radius 2 is 2.19 bits per heavy atom. The van der Waals surface area contributed by atoms with E-state index in [4.69, 9.17) is 5.11 Å². The predicted octanol–water partition coefficient (Wildman–Crippen LogP) is 3.87. The number of hydrogen-bond donors (Lipinski definition) is 1. The molecule has 0 fully saturated rings. The molecule has 0 unspecified atom stereocenters. The first-order valence-corrected chi connectivity index (χ1v) is 6.27. The topological polar surface area (TPSA) is 37.3 Å². The van der Waals surface area contributed by atoms with Crippen LogP contribution in [0.25, 0.3) is 0 Å². The van der Waals surface area contributed by atoms with Crippen LogP contribution in [0.4, 0.5) is 0 Å². The third-order valence-corrected chi connectivity index (χ3v) is 3.66. The maximum absolute atomic E-state index is 11.1. The second kappa shape index (κ2) is 5.03. The molecule has 0 aromatic rings. The molecule has 0 aromatic heterocycles. The Morgan fingerprint density at radius 3 is 2.56 bits per heavy atom. The lowest BCUT2D eigenvalue weighted by molar-refractivity contribution is -0.145. The van der Waals surface area contributed by atoms with Gasteiger partial charge < -0.3 is 5.11 Å². The second-order valence-corrected chi connectivity index (χ2v) is 5.93. The van der Waals surface area contributed by atoms with Crippen molar-refractivity contribution >= 4 is 5.97 Å². The first-order valence-electron chi connectivity index (χ1n) is 6.27. The van der Waals surface area contributed by atoms with Crippen molar-refractivity contribution in [3.05, 3.63) is 11.6 Å². The van der Waals surface area contributed by atoms with E-state index < -0.39 is 11.4 Å². The normalized spacial score (nSPS) is 22.1. The van der Waals surface area contributed by atoms with Gasteiger partial charge in [0.15, 0.2) is 0 Å². The number of allylic oxidation sites excluding steroid dienone is 1. The van der Waals surface area contributed by atoms with Gasteiger partial charge in [-0.1, -0.05) is 25.5 Å². The minimum Gasteiger partial charge on any atom is -0.481 e. The minimum absolute atomic E-state index is 0.678. The van der Waals surface area contributed by atoms with Crippen LogP contribution in [0, 0.1) is 17.3 Å². The standard InChI is InChI=1S/C14H24O2/c1-10(2)9-11-5-7-12(8-6-11)14(3,4)13(15)16/h7,10-11H,5-6,8-9H2,1-4H3,(H,15,16)/t11-/m1/s1. The zero-order chi connectivity index (χ0) is 12.3. The minimum atomic E-state index is -0.707. The maximum Gasteiger partial charge on any atom is 0.313 e. The van der Waals surface area contributed by atoms with Gasteiger partial charge in [0.1, 0.15) is 0 Å². The predicted molar refractivity (Wildman–Crippen MR) is 66.3 cm³/mol. The summed E-state index contributed by atoms with van der Waals surface area (Å²) >= 11 is 0. The zero-order valence-corrected chi connectivity index (χ0v) is 10.9. The Labute approximate surface area is 98.7 Å². The fourth-order valence-corrected chi connectivity index (χ4v) is 2.47. The van der Waals surface area contributed by atoms with Gasteiger partial charge in [-0.2, -0.15) is 0 Å². The van der Waals surface area contributed by atoms with Crippen molar-refractivity contribution in [3.8, 4) is 0 Å². The van der Waals surface area contributed by atoms with Gasteiger partial charge in [0, 0.05) is 0 Å². The van der Waals surface area contributed by atoms with E-state index in [1.807, 2.05) is 13.8 Å². The van der Waals surface area contributed by atoms with E-state index in [9.17, 15) is 4.79 Å². The number of rotatable bonds is 4. The Bertz CT molecular complexity index is 287. The highest BCUT2D eigenvalue weighted by Gasteiger charge is 2.33. The molecule has 0 aliphatic heterocycles. The van der Waals surface area contributed by atoms with Crippen LogP contribution in [-0.4, -0.2) is 11.1 Å². The van der Waals surface area contributed by atoms with Crippen LogP contribution in [0.1, 0.15) is 53.4 Å². The number of carboxylic acids is 1. The summed E-state index contributed by atoms with van der Waals surface area (Å²) in [6.07, 6.45) is 6.60. The largest absolute Gasteiger partial charge is 0.481 e. The summed E-state index contributed by atoms with van der Waals surface area (Å²) < 4.78 is 0. The zero-order valence-electron chi connectivity index (χ0n) is 10.9. The van der Waals surface area contributed by atoms with Crippen molar-refractivity contribution in [2.75, 3.05) is 0 Å². The highest BCUT2D eigenvalue weighted by Crippen LogP contribution is 2.37. The van der Waals surface area contributed by atoms with Gasteiger partial charge >= 0.3 is 5.97 Å². The lowest BCUT2D eigenvalue weighted by atomic mass is 9.75. The van der Waals surface area contributed by atoms with Gasteiger partial charge in [0.2, 0.25) is 0 Å². The molecule has 0 saturated heterocycles. The first-order chi connectivity index (χ1) is 7.34. The lowest BCUT2D eigenvalue weighted by Gasteiger charge is -2.30. The van der Waals surface area contributed by atoms with Gasteiger partial charge in [-0.15, -0.1) is 0 Å². The van der Waals surface area contributed by atoms with Gasteiger partial charge in [0.25, 0.3) is 0 Å². The molecule has 16 heavy (non-hydrogen) atoms. The molecule has 1 aliphatic rings. The van der Waals surface area contributed by atoms with Crippen molar-refractivity contribution < 1.29 is 9.90 Å². The molecular formula is C14H24O2. The van der Waals surface area contributed by atoms with Crippen molar-refractivity contribution in [1.29, 1.82) is 0 Å². The van der Waals surface area contributed by atoms with Crippen molar-refractivity contribution in [3.63, 3.8) is 0 Å². The Morgan fingerprint density at radius 1 is 1.56 bits per heavy atom. The van der Waals surface area contributed by atoms with E-state index in [1.54, 1.807) is 0 Å². The molecule has 1 aliphatic carbocycles. The molecule has 2 nitrogen and oxygen atoms in total. The molecule has 0 spiro atoms. The van der Waals surface area contributed by atoms with E-state index in [2.05, 4.69) is 19.9 Å². The summed E-state index contributed by atoms with van der Waals surface area (Å²) in [7, 11) is 0. The smallest absolute Gasteiger partial charge is 0.313 e. The average Bonchev–Trinajstić information content (AvgIpc) is 2.17. The fourth-order valence-electron chi connectivity index (χ4n) is 2.47.